The van der Waals surface area contributed by atoms with Gasteiger partial charge in [-0.05, 0) is 23.6 Å². The van der Waals surface area contributed by atoms with E-state index in [1.165, 1.54) is 14.2 Å². The maximum absolute atomic E-state index is 11.7. The lowest BCUT2D eigenvalue weighted by Gasteiger charge is -2.24. The maximum atomic E-state index is 11.7. The Hall–Kier alpha value is -1.26. The van der Waals surface area contributed by atoms with Crippen molar-refractivity contribution in [2.45, 2.75) is 20.0 Å². The van der Waals surface area contributed by atoms with Crippen LogP contribution in [0.3, 0.4) is 0 Å². The standard InChI is InChI=1S/C14H19ClO4/c1-8(2)12(14(17)19-4)13(16)9-5-6-11(18-3)10(15)7-9/h5-8,12-13,16H,1-4H3. The van der Waals surface area contributed by atoms with Crippen molar-refractivity contribution in [2.75, 3.05) is 14.2 Å². The molecule has 0 spiro atoms. The number of rotatable bonds is 5. The number of carbonyl (C=O) groups is 1. The summed E-state index contributed by atoms with van der Waals surface area (Å²) >= 11 is 6.02. The van der Waals surface area contributed by atoms with Crippen LogP contribution in [0.5, 0.6) is 5.75 Å². The summed E-state index contributed by atoms with van der Waals surface area (Å²) < 4.78 is 9.79. The van der Waals surface area contributed by atoms with Gasteiger partial charge in [-0.15, -0.1) is 0 Å². The predicted octanol–water partition coefficient (Wildman–Crippen LogP) is 2.83. The van der Waals surface area contributed by atoms with Crippen molar-refractivity contribution in [3.63, 3.8) is 0 Å². The van der Waals surface area contributed by atoms with E-state index in [4.69, 9.17) is 21.1 Å². The smallest absolute Gasteiger partial charge is 0.311 e. The largest absolute Gasteiger partial charge is 0.495 e. The fourth-order valence-corrected chi connectivity index (χ4v) is 2.24. The van der Waals surface area contributed by atoms with Crippen LogP contribution in [0.2, 0.25) is 5.02 Å². The molecule has 2 unspecified atom stereocenters. The van der Waals surface area contributed by atoms with Crippen molar-refractivity contribution in [3.8, 4) is 5.75 Å². The molecule has 1 aromatic carbocycles. The first kappa shape index (κ1) is 15.8. The summed E-state index contributed by atoms with van der Waals surface area (Å²) in [4.78, 5) is 11.7. The van der Waals surface area contributed by atoms with Crippen LogP contribution in [0.4, 0.5) is 0 Å². The summed E-state index contributed by atoms with van der Waals surface area (Å²) in [7, 11) is 2.83. The van der Waals surface area contributed by atoms with Crippen molar-refractivity contribution in [1.82, 2.24) is 0 Å². The fourth-order valence-electron chi connectivity index (χ4n) is 1.98. The molecule has 1 N–H and O–H groups in total. The van der Waals surface area contributed by atoms with E-state index in [2.05, 4.69) is 0 Å². The minimum atomic E-state index is -0.962. The van der Waals surface area contributed by atoms with Gasteiger partial charge in [-0.1, -0.05) is 31.5 Å². The van der Waals surface area contributed by atoms with Crippen LogP contribution in [-0.2, 0) is 9.53 Å². The Bertz CT molecular complexity index is 445. The highest BCUT2D eigenvalue weighted by Crippen LogP contribution is 2.33. The van der Waals surface area contributed by atoms with Gasteiger partial charge in [-0.2, -0.15) is 0 Å². The molecule has 0 aliphatic rings. The van der Waals surface area contributed by atoms with Crippen molar-refractivity contribution in [3.05, 3.63) is 28.8 Å². The van der Waals surface area contributed by atoms with E-state index < -0.39 is 18.0 Å². The van der Waals surface area contributed by atoms with Gasteiger partial charge in [0.25, 0.3) is 0 Å². The number of benzene rings is 1. The minimum absolute atomic E-state index is 0.0525. The van der Waals surface area contributed by atoms with Crippen molar-refractivity contribution in [2.24, 2.45) is 11.8 Å². The number of esters is 1. The number of carbonyl (C=O) groups excluding carboxylic acids is 1. The molecule has 0 aliphatic heterocycles. The number of aliphatic hydroxyl groups excluding tert-OH is 1. The number of hydrogen-bond donors (Lipinski definition) is 1. The van der Waals surface area contributed by atoms with Gasteiger partial charge in [-0.25, -0.2) is 0 Å². The van der Waals surface area contributed by atoms with Gasteiger partial charge in [0.15, 0.2) is 0 Å². The van der Waals surface area contributed by atoms with E-state index >= 15 is 0 Å². The number of aliphatic hydroxyl groups is 1. The zero-order valence-electron chi connectivity index (χ0n) is 11.5. The second kappa shape index (κ2) is 6.78. The molecule has 0 aromatic heterocycles. The second-order valence-electron chi connectivity index (χ2n) is 4.63. The quantitative estimate of drug-likeness (QED) is 0.846. The van der Waals surface area contributed by atoms with Crippen LogP contribution in [0.15, 0.2) is 18.2 Å². The Morgan fingerprint density at radius 1 is 1.32 bits per heavy atom. The lowest BCUT2D eigenvalue weighted by molar-refractivity contribution is -0.152. The number of halogens is 1. The summed E-state index contributed by atoms with van der Waals surface area (Å²) in [6, 6.07) is 4.95. The number of methoxy groups -OCH3 is 2. The lowest BCUT2D eigenvalue weighted by atomic mass is 9.86. The zero-order chi connectivity index (χ0) is 14.6. The summed E-state index contributed by atoms with van der Waals surface area (Å²) in [5, 5.41) is 10.7. The molecule has 0 radical (unpaired) electrons. The summed E-state index contributed by atoms with van der Waals surface area (Å²) in [6.07, 6.45) is -0.962. The predicted molar refractivity (Wildman–Crippen MR) is 73.3 cm³/mol. The second-order valence-corrected chi connectivity index (χ2v) is 5.04. The first-order valence-corrected chi connectivity index (χ1v) is 6.39. The Labute approximate surface area is 118 Å². The number of hydrogen-bond acceptors (Lipinski definition) is 4. The first-order chi connectivity index (χ1) is 8.92. The lowest BCUT2D eigenvalue weighted by Crippen LogP contribution is -2.28. The van der Waals surface area contributed by atoms with Crippen molar-refractivity contribution >= 4 is 17.6 Å². The molecule has 2 atom stereocenters. The van der Waals surface area contributed by atoms with E-state index in [0.717, 1.165) is 0 Å². The molecule has 19 heavy (non-hydrogen) atoms. The molecule has 1 rings (SSSR count). The normalized spacial score (nSPS) is 14.1. The highest BCUT2D eigenvalue weighted by molar-refractivity contribution is 6.32. The van der Waals surface area contributed by atoms with Gasteiger partial charge in [-0.3, -0.25) is 4.79 Å². The van der Waals surface area contributed by atoms with Crippen molar-refractivity contribution in [1.29, 1.82) is 0 Å². The highest BCUT2D eigenvalue weighted by Gasteiger charge is 2.32. The van der Waals surface area contributed by atoms with E-state index in [9.17, 15) is 9.90 Å². The number of ether oxygens (including phenoxy) is 2. The summed E-state index contributed by atoms with van der Waals surface area (Å²) in [5.74, 6) is -0.594. The molecule has 5 heteroatoms. The summed E-state index contributed by atoms with van der Waals surface area (Å²) in [5.41, 5.74) is 0.565. The Kier molecular flexibility index (Phi) is 5.63. The van der Waals surface area contributed by atoms with Gasteiger partial charge in [0, 0.05) is 0 Å². The van der Waals surface area contributed by atoms with Gasteiger partial charge in [0.05, 0.1) is 31.3 Å². The van der Waals surface area contributed by atoms with Crippen LogP contribution in [-0.4, -0.2) is 25.3 Å². The molecule has 0 aliphatic carbocycles. The van der Waals surface area contributed by atoms with Gasteiger partial charge in [0.2, 0.25) is 0 Å². The van der Waals surface area contributed by atoms with Crippen molar-refractivity contribution < 1.29 is 19.4 Å². The summed E-state index contributed by atoms with van der Waals surface area (Å²) in [6.45, 7) is 3.71. The monoisotopic (exact) mass is 286 g/mol. The third-order valence-corrected chi connectivity index (χ3v) is 3.34. The SMILES string of the molecule is COC(=O)C(C(C)C)C(O)c1ccc(OC)c(Cl)c1. The van der Waals surface area contributed by atoms with Gasteiger partial charge < -0.3 is 14.6 Å². The van der Waals surface area contributed by atoms with Crippen LogP contribution in [0, 0.1) is 11.8 Å². The molecule has 0 fully saturated rings. The zero-order valence-corrected chi connectivity index (χ0v) is 12.3. The molecule has 106 valence electrons. The molecule has 0 bridgehead atoms. The van der Waals surface area contributed by atoms with Gasteiger partial charge in [0.1, 0.15) is 5.75 Å². The third-order valence-electron chi connectivity index (χ3n) is 3.05. The topological polar surface area (TPSA) is 55.8 Å². The van der Waals surface area contributed by atoms with E-state index in [1.54, 1.807) is 18.2 Å². The Morgan fingerprint density at radius 3 is 2.37 bits per heavy atom. The highest BCUT2D eigenvalue weighted by atomic mass is 35.5. The maximum Gasteiger partial charge on any atom is 0.311 e. The molecule has 4 nitrogen and oxygen atoms in total. The van der Waals surface area contributed by atoms with E-state index in [-0.39, 0.29) is 5.92 Å². The average Bonchev–Trinajstić information content (AvgIpc) is 2.37. The van der Waals surface area contributed by atoms with Crippen LogP contribution >= 0.6 is 11.6 Å². The molecular formula is C14H19ClO4. The van der Waals surface area contributed by atoms with Crippen LogP contribution < -0.4 is 4.74 Å². The average molecular weight is 287 g/mol. The fraction of sp³-hybridized carbons (Fsp3) is 0.500. The Balaban J connectivity index is 3.06. The van der Waals surface area contributed by atoms with E-state index in [1.807, 2.05) is 13.8 Å². The molecule has 1 aromatic rings. The van der Waals surface area contributed by atoms with E-state index in [0.29, 0.717) is 16.3 Å². The molecule has 0 saturated heterocycles. The molecule has 0 heterocycles. The third kappa shape index (κ3) is 3.61. The minimum Gasteiger partial charge on any atom is -0.495 e. The molecule has 0 saturated carbocycles. The molecule has 0 amide bonds. The van der Waals surface area contributed by atoms with Crippen LogP contribution in [0.25, 0.3) is 0 Å². The molecular weight excluding hydrogens is 268 g/mol. The van der Waals surface area contributed by atoms with Gasteiger partial charge >= 0.3 is 5.97 Å². The Morgan fingerprint density at radius 2 is 1.95 bits per heavy atom. The van der Waals surface area contributed by atoms with Crippen LogP contribution in [0.1, 0.15) is 25.5 Å². The first-order valence-electron chi connectivity index (χ1n) is 6.01.